The van der Waals surface area contributed by atoms with Crippen LogP contribution in [-0.4, -0.2) is 44.5 Å². The minimum atomic E-state index is -0.433. The first kappa shape index (κ1) is 19.0. The van der Waals surface area contributed by atoms with Gasteiger partial charge in [-0.2, -0.15) is 0 Å². The van der Waals surface area contributed by atoms with E-state index in [-0.39, 0.29) is 11.9 Å². The highest BCUT2D eigenvalue weighted by Crippen LogP contribution is 2.41. The molecule has 3 aromatic rings. The molecule has 0 spiro atoms. The summed E-state index contributed by atoms with van der Waals surface area (Å²) in [7, 11) is 6.02. The summed E-state index contributed by atoms with van der Waals surface area (Å²) >= 11 is 0. The number of hydrogen-bond acceptors (Lipinski definition) is 8. The summed E-state index contributed by atoms with van der Waals surface area (Å²) in [4.78, 5) is 12.4. The quantitative estimate of drug-likeness (QED) is 0.662. The van der Waals surface area contributed by atoms with Crippen LogP contribution in [0.15, 0.2) is 40.8 Å². The van der Waals surface area contributed by atoms with Crippen LogP contribution in [0.5, 0.6) is 23.0 Å². The molecule has 28 heavy (non-hydrogen) atoms. The Morgan fingerprint density at radius 3 is 2.14 bits per heavy atom. The standard InChI is InChI=1S/C19H19N3O6/c1-24-13-8-6-5-7-12(13)17(23)20-19-22-21-18(28-19)11-9-14(25-2)16(27-4)15(10-11)26-3/h5-10H,1-4H3,(H,20,22,23). The summed E-state index contributed by atoms with van der Waals surface area (Å²) in [5.41, 5.74) is 0.886. The van der Waals surface area contributed by atoms with Crippen molar-refractivity contribution in [1.29, 1.82) is 0 Å². The normalized spacial score (nSPS) is 10.3. The van der Waals surface area contributed by atoms with Crippen molar-refractivity contribution in [3.8, 4) is 34.5 Å². The predicted octanol–water partition coefficient (Wildman–Crippen LogP) is 3.02. The van der Waals surface area contributed by atoms with E-state index in [0.29, 0.717) is 34.1 Å². The molecule has 0 aliphatic carbocycles. The molecule has 146 valence electrons. The Bertz CT molecular complexity index is 960. The van der Waals surface area contributed by atoms with Crippen molar-refractivity contribution < 1.29 is 28.2 Å². The van der Waals surface area contributed by atoms with E-state index in [4.69, 9.17) is 23.4 Å². The fraction of sp³-hybridized carbons (Fsp3) is 0.211. The van der Waals surface area contributed by atoms with Crippen molar-refractivity contribution in [3.05, 3.63) is 42.0 Å². The van der Waals surface area contributed by atoms with Crippen molar-refractivity contribution in [1.82, 2.24) is 10.2 Å². The topological polar surface area (TPSA) is 105 Å². The van der Waals surface area contributed by atoms with Gasteiger partial charge >= 0.3 is 6.01 Å². The monoisotopic (exact) mass is 385 g/mol. The second-order valence-electron chi connectivity index (χ2n) is 5.48. The fourth-order valence-corrected chi connectivity index (χ4v) is 2.59. The molecule has 3 rings (SSSR count). The molecule has 0 unspecified atom stereocenters. The summed E-state index contributed by atoms with van der Waals surface area (Å²) < 4.78 is 26.7. The maximum absolute atomic E-state index is 12.4. The van der Waals surface area contributed by atoms with Crippen LogP contribution < -0.4 is 24.3 Å². The third-order valence-electron chi connectivity index (χ3n) is 3.91. The molecule has 1 heterocycles. The van der Waals surface area contributed by atoms with Crippen LogP contribution >= 0.6 is 0 Å². The molecule has 1 aromatic heterocycles. The number of methoxy groups -OCH3 is 4. The van der Waals surface area contributed by atoms with Gasteiger partial charge in [-0.15, -0.1) is 5.10 Å². The highest BCUT2D eigenvalue weighted by molar-refractivity contribution is 6.05. The fourth-order valence-electron chi connectivity index (χ4n) is 2.59. The first-order valence-corrected chi connectivity index (χ1v) is 8.19. The lowest BCUT2D eigenvalue weighted by Gasteiger charge is -2.12. The van der Waals surface area contributed by atoms with E-state index in [1.165, 1.54) is 28.4 Å². The number of rotatable bonds is 7. The number of nitrogens with one attached hydrogen (secondary N) is 1. The van der Waals surface area contributed by atoms with Gasteiger partial charge < -0.3 is 23.4 Å². The molecule has 9 nitrogen and oxygen atoms in total. The van der Waals surface area contributed by atoms with Gasteiger partial charge in [0.2, 0.25) is 11.6 Å². The highest BCUT2D eigenvalue weighted by atomic mass is 16.5. The van der Waals surface area contributed by atoms with Crippen molar-refractivity contribution in [2.45, 2.75) is 0 Å². The maximum Gasteiger partial charge on any atom is 0.322 e. The highest BCUT2D eigenvalue weighted by Gasteiger charge is 2.19. The Hall–Kier alpha value is -3.75. The van der Waals surface area contributed by atoms with E-state index in [1.807, 2.05) is 0 Å². The van der Waals surface area contributed by atoms with Crippen molar-refractivity contribution in [3.63, 3.8) is 0 Å². The van der Waals surface area contributed by atoms with E-state index in [2.05, 4.69) is 15.5 Å². The van der Waals surface area contributed by atoms with Crippen molar-refractivity contribution >= 4 is 11.9 Å². The zero-order valence-corrected chi connectivity index (χ0v) is 15.8. The second kappa shape index (κ2) is 8.30. The largest absolute Gasteiger partial charge is 0.496 e. The van der Waals surface area contributed by atoms with E-state index < -0.39 is 5.91 Å². The Labute approximate surface area is 161 Å². The summed E-state index contributed by atoms with van der Waals surface area (Å²) in [5, 5.41) is 10.4. The molecule has 0 saturated heterocycles. The number of nitrogens with zero attached hydrogens (tertiary/aromatic N) is 2. The zero-order chi connectivity index (χ0) is 20.1. The molecular weight excluding hydrogens is 366 g/mol. The van der Waals surface area contributed by atoms with Crippen LogP contribution in [0.3, 0.4) is 0 Å². The van der Waals surface area contributed by atoms with Gasteiger partial charge in [0.25, 0.3) is 5.91 Å². The van der Waals surface area contributed by atoms with Gasteiger partial charge in [-0.25, -0.2) is 0 Å². The summed E-state index contributed by atoms with van der Waals surface area (Å²) in [6.45, 7) is 0. The van der Waals surface area contributed by atoms with Gasteiger partial charge in [-0.1, -0.05) is 17.2 Å². The molecule has 0 aliphatic rings. The number of benzene rings is 2. The lowest BCUT2D eigenvalue weighted by molar-refractivity contribution is 0.102. The van der Waals surface area contributed by atoms with Crippen LogP contribution in [0.4, 0.5) is 6.01 Å². The van der Waals surface area contributed by atoms with Gasteiger partial charge in [0, 0.05) is 5.56 Å². The number of hydrogen-bond donors (Lipinski definition) is 1. The van der Waals surface area contributed by atoms with E-state index >= 15 is 0 Å². The summed E-state index contributed by atoms with van der Waals surface area (Å²) in [6, 6.07) is 10.1. The third kappa shape index (κ3) is 3.68. The molecule has 0 fully saturated rings. The van der Waals surface area contributed by atoms with Crippen LogP contribution in [0, 0.1) is 0 Å². The Kier molecular flexibility index (Phi) is 5.64. The molecule has 9 heteroatoms. The lowest BCUT2D eigenvalue weighted by Crippen LogP contribution is -2.13. The van der Waals surface area contributed by atoms with E-state index in [9.17, 15) is 4.79 Å². The SMILES string of the molecule is COc1ccccc1C(=O)Nc1nnc(-c2cc(OC)c(OC)c(OC)c2)o1. The number of amides is 1. The van der Waals surface area contributed by atoms with Crippen molar-refractivity contribution in [2.75, 3.05) is 33.8 Å². The van der Waals surface area contributed by atoms with Crippen molar-refractivity contribution in [2.24, 2.45) is 0 Å². The number of carbonyl (C=O) groups excluding carboxylic acids is 1. The lowest BCUT2D eigenvalue weighted by atomic mass is 10.2. The molecule has 0 saturated carbocycles. The Balaban J connectivity index is 1.87. The van der Waals surface area contributed by atoms with Crippen LogP contribution in [0.25, 0.3) is 11.5 Å². The third-order valence-corrected chi connectivity index (χ3v) is 3.91. The molecule has 0 atom stereocenters. The molecular formula is C19H19N3O6. The summed E-state index contributed by atoms with van der Waals surface area (Å²) in [5.74, 6) is 1.50. The van der Waals surface area contributed by atoms with Gasteiger partial charge in [0.05, 0.1) is 34.0 Å². The molecule has 0 bridgehead atoms. The molecule has 1 N–H and O–H groups in total. The Morgan fingerprint density at radius 1 is 0.893 bits per heavy atom. The van der Waals surface area contributed by atoms with Crippen LogP contribution in [0.1, 0.15) is 10.4 Å². The molecule has 0 radical (unpaired) electrons. The second-order valence-corrected chi connectivity index (χ2v) is 5.48. The van der Waals surface area contributed by atoms with Gasteiger partial charge in [-0.3, -0.25) is 10.1 Å². The number of anilines is 1. The first-order valence-electron chi connectivity index (χ1n) is 8.19. The van der Waals surface area contributed by atoms with Gasteiger partial charge in [-0.05, 0) is 24.3 Å². The predicted molar refractivity (Wildman–Crippen MR) is 100 cm³/mol. The molecule has 1 amide bonds. The Morgan fingerprint density at radius 2 is 1.54 bits per heavy atom. The van der Waals surface area contributed by atoms with Crippen LogP contribution in [-0.2, 0) is 0 Å². The van der Waals surface area contributed by atoms with Gasteiger partial charge in [0.15, 0.2) is 11.5 Å². The maximum atomic E-state index is 12.4. The average Bonchev–Trinajstić information content (AvgIpc) is 3.20. The number of carbonyl (C=O) groups is 1. The van der Waals surface area contributed by atoms with Gasteiger partial charge in [0.1, 0.15) is 5.75 Å². The summed E-state index contributed by atoms with van der Waals surface area (Å²) in [6.07, 6.45) is 0. The minimum Gasteiger partial charge on any atom is -0.496 e. The molecule has 2 aromatic carbocycles. The van der Waals surface area contributed by atoms with Crippen LogP contribution in [0.2, 0.25) is 0 Å². The number of ether oxygens (including phenoxy) is 4. The smallest absolute Gasteiger partial charge is 0.322 e. The first-order chi connectivity index (χ1) is 13.6. The zero-order valence-electron chi connectivity index (χ0n) is 15.8. The van der Waals surface area contributed by atoms with E-state index in [0.717, 1.165) is 0 Å². The average molecular weight is 385 g/mol. The number of para-hydroxylation sites is 1. The number of aromatic nitrogens is 2. The minimum absolute atomic E-state index is 0.0559. The van der Waals surface area contributed by atoms with E-state index in [1.54, 1.807) is 36.4 Å². The molecule has 0 aliphatic heterocycles.